The molecule has 2 N–H and O–H groups in total. The number of benzene rings is 1. The normalized spacial score (nSPS) is 22.6. The average Bonchev–Trinajstić information content (AvgIpc) is 2.78. The first kappa shape index (κ1) is 14.1. The van der Waals surface area contributed by atoms with E-state index >= 15 is 0 Å². The summed E-state index contributed by atoms with van der Waals surface area (Å²) in [4.78, 5) is 2.91. The molecule has 104 valence electrons. The van der Waals surface area contributed by atoms with Crippen LogP contribution in [0.1, 0.15) is 38.7 Å². The highest BCUT2D eigenvalue weighted by Crippen LogP contribution is 2.36. The zero-order valence-corrected chi connectivity index (χ0v) is 12.7. The molecule has 1 aromatic rings. The lowest BCUT2D eigenvalue weighted by Crippen LogP contribution is -2.35. The van der Waals surface area contributed by atoms with Crippen LogP contribution in [0.15, 0.2) is 18.2 Å². The van der Waals surface area contributed by atoms with Gasteiger partial charge >= 0.3 is 0 Å². The van der Waals surface area contributed by atoms with E-state index in [1.54, 1.807) is 7.11 Å². The number of ether oxygens (including phenoxy) is 1. The fourth-order valence-corrected chi connectivity index (χ4v) is 3.14. The second kappa shape index (κ2) is 5.78. The van der Waals surface area contributed by atoms with Crippen LogP contribution in [0.25, 0.3) is 0 Å². The van der Waals surface area contributed by atoms with Gasteiger partial charge in [-0.15, -0.1) is 0 Å². The van der Waals surface area contributed by atoms with Gasteiger partial charge in [0, 0.05) is 23.7 Å². The van der Waals surface area contributed by atoms with Crippen molar-refractivity contribution in [1.82, 2.24) is 0 Å². The van der Waals surface area contributed by atoms with Crippen LogP contribution in [0.2, 0.25) is 0 Å². The van der Waals surface area contributed by atoms with Crippen molar-refractivity contribution in [2.24, 2.45) is 5.73 Å². The Morgan fingerprint density at radius 2 is 2.21 bits per heavy atom. The van der Waals surface area contributed by atoms with E-state index in [1.807, 2.05) is 12.1 Å². The van der Waals surface area contributed by atoms with Crippen molar-refractivity contribution in [3.63, 3.8) is 0 Å². The summed E-state index contributed by atoms with van der Waals surface area (Å²) in [6.45, 7) is 4.49. The van der Waals surface area contributed by atoms with Gasteiger partial charge in [0.25, 0.3) is 0 Å². The molecule has 2 unspecified atom stereocenters. The molecule has 1 saturated heterocycles. The van der Waals surface area contributed by atoms with Gasteiger partial charge in [-0.1, -0.05) is 19.1 Å². The summed E-state index contributed by atoms with van der Waals surface area (Å²) >= 11 is 5.19. The molecule has 1 aliphatic heterocycles. The molecule has 2 atom stereocenters. The highest BCUT2D eigenvalue weighted by Gasteiger charge is 2.31. The van der Waals surface area contributed by atoms with E-state index in [2.05, 4.69) is 24.8 Å². The molecule has 3 nitrogen and oxygen atoms in total. The summed E-state index contributed by atoms with van der Waals surface area (Å²) < 4.78 is 5.34. The molecule has 1 fully saturated rings. The predicted molar refractivity (Wildman–Crippen MR) is 84.1 cm³/mol. The number of methoxy groups -OCH3 is 1. The first-order chi connectivity index (χ1) is 9.08. The minimum absolute atomic E-state index is 0.451. The molecule has 1 aliphatic rings. The van der Waals surface area contributed by atoms with E-state index in [9.17, 15) is 0 Å². The van der Waals surface area contributed by atoms with Gasteiger partial charge < -0.3 is 15.4 Å². The van der Waals surface area contributed by atoms with Gasteiger partial charge in [0.05, 0.1) is 12.8 Å². The molecular weight excluding hydrogens is 256 g/mol. The van der Waals surface area contributed by atoms with Gasteiger partial charge in [0.1, 0.15) is 10.7 Å². The quantitative estimate of drug-likeness (QED) is 0.859. The third-order valence-corrected chi connectivity index (χ3v) is 4.23. The Labute approximate surface area is 120 Å². The van der Waals surface area contributed by atoms with Gasteiger partial charge in [-0.2, -0.15) is 0 Å². The summed E-state index contributed by atoms with van der Waals surface area (Å²) in [6, 6.07) is 7.02. The van der Waals surface area contributed by atoms with Crippen LogP contribution in [0, 0.1) is 0 Å². The van der Waals surface area contributed by atoms with E-state index < -0.39 is 0 Å². The molecule has 0 spiro atoms. The second-order valence-corrected chi connectivity index (χ2v) is 5.58. The number of rotatable bonds is 4. The molecule has 0 aliphatic carbocycles. The highest BCUT2D eigenvalue weighted by atomic mass is 32.1. The molecule has 4 heteroatoms. The lowest BCUT2D eigenvalue weighted by molar-refractivity contribution is 0.414. The lowest BCUT2D eigenvalue weighted by atomic mass is 10.1. The zero-order chi connectivity index (χ0) is 14.0. The second-order valence-electron chi connectivity index (χ2n) is 5.14. The molecule has 1 heterocycles. The standard InChI is InChI=1S/C15H22N2OS/c1-4-11-6-5-10(2)17(11)14-9-12(18-3)7-8-13(14)15(16)19/h7-11H,4-6H2,1-3H3,(H2,16,19). The third-order valence-electron chi connectivity index (χ3n) is 4.01. The maximum absolute atomic E-state index is 5.87. The zero-order valence-electron chi connectivity index (χ0n) is 11.8. The van der Waals surface area contributed by atoms with Crippen LogP contribution in [-0.2, 0) is 0 Å². The SMILES string of the molecule is CCC1CCC(C)N1c1cc(OC)ccc1C(N)=S. The van der Waals surface area contributed by atoms with E-state index in [-0.39, 0.29) is 0 Å². The number of hydrogen-bond donors (Lipinski definition) is 1. The molecule has 2 rings (SSSR count). The molecule has 1 aromatic carbocycles. The van der Waals surface area contributed by atoms with Gasteiger partial charge in [-0.05, 0) is 38.3 Å². The highest BCUT2D eigenvalue weighted by molar-refractivity contribution is 7.80. The van der Waals surface area contributed by atoms with Crippen molar-refractivity contribution in [2.45, 2.75) is 45.2 Å². The molecular formula is C15H22N2OS. The summed E-state index contributed by atoms with van der Waals surface area (Å²) in [5.41, 5.74) is 7.93. The van der Waals surface area contributed by atoms with E-state index in [1.165, 1.54) is 12.8 Å². The van der Waals surface area contributed by atoms with Crippen LogP contribution in [0.4, 0.5) is 5.69 Å². The van der Waals surface area contributed by atoms with Crippen molar-refractivity contribution in [3.05, 3.63) is 23.8 Å². The Kier molecular flexibility index (Phi) is 4.30. The Morgan fingerprint density at radius 3 is 2.79 bits per heavy atom. The number of nitrogens with two attached hydrogens (primary N) is 1. The Hall–Kier alpha value is -1.29. The monoisotopic (exact) mass is 278 g/mol. The average molecular weight is 278 g/mol. The van der Waals surface area contributed by atoms with Gasteiger partial charge in [-0.3, -0.25) is 0 Å². The van der Waals surface area contributed by atoms with Gasteiger partial charge in [0.2, 0.25) is 0 Å². The third kappa shape index (κ3) is 2.68. The fraction of sp³-hybridized carbons (Fsp3) is 0.533. The minimum Gasteiger partial charge on any atom is -0.497 e. The lowest BCUT2D eigenvalue weighted by Gasteiger charge is -2.32. The van der Waals surface area contributed by atoms with Crippen LogP contribution < -0.4 is 15.4 Å². The number of hydrogen-bond acceptors (Lipinski definition) is 3. The maximum Gasteiger partial charge on any atom is 0.120 e. The fourth-order valence-electron chi connectivity index (χ4n) is 2.97. The van der Waals surface area contributed by atoms with E-state index in [0.717, 1.165) is 23.4 Å². The van der Waals surface area contributed by atoms with E-state index in [0.29, 0.717) is 17.1 Å². The number of nitrogens with zero attached hydrogens (tertiary/aromatic N) is 1. The Morgan fingerprint density at radius 1 is 1.47 bits per heavy atom. The Balaban J connectivity index is 2.48. The first-order valence-electron chi connectivity index (χ1n) is 6.84. The summed E-state index contributed by atoms with van der Waals surface area (Å²) in [6.07, 6.45) is 3.58. The summed E-state index contributed by atoms with van der Waals surface area (Å²) in [5, 5.41) is 0. The van der Waals surface area contributed by atoms with Gasteiger partial charge in [0.15, 0.2) is 0 Å². The predicted octanol–water partition coefficient (Wildman–Crippen LogP) is 3.10. The van der Waals surface area contributed by atoms with Crippen LogP contribution in [0.5, 0.6) is 5.75 Å². The van der Waals surface area contributed by atoms with Crippen LogP contribution in [0.3, 0.4) is 0 Å². The van der Waals surface area contributed by atoms with Gasteiger partial charge in [-0.25, -0.2) is 0 Å². The molecule has 19 heavy (non-hydrogen) atoms. The van der Waals surface area contributed by atoms with Crippen molar-refractivity contribution in [1.29, 1.82) is 0 Å². The van der Waals surface area contributed by atoms with Crippen LogP contribution >= 0.6 is 12.2 Å². The number of anilines is 1. The first-order valence-corrected chi connectivity index (χ1v) is 7.25. The molecule has 0 saturated carbocycles. The van der Waals surface area contributed by atoms with Crippen molar-refractivity contribution < 1.29 is 4.74 Å². The van der Waals surface area contributed by atoms with Crippen LogP contribution in [-0.4, -0.2) is 24.2 Å². The van der Waals surface area contributed by atoms with E-state index in [4.69, 9.17) is 22.7 Å². The Bertz CT molecular complexity index is 475. The molecule has 0 bridgehead atoms. The van der Waals surface area contributed by atoms with Crippen molar-refractivity contribution in [2.75, 3.05) is 12.0 Å². The molecule has 0 aromatic heterocycles. The minimum atomic E-state index is 0.451. The largest absolute Gasteiger partial charge is 0.497 e. The molecule has 0 radical (unpaired) electrons. The van der Waals surface area contributed by atoms with Crippen molar-refractivity contribution >= 4 is 22.9 Å². The maximum atomic E-state index is 5.87. The summed E-state index contributed by atoms with van der Waals surface area (Å²) in [7, 11) is 1.68. The van der Waals surface area contributed by atoms with Crippen molar-refractivity contribution in [3.8, 4) is 5.75 Å². The molecule has 0 amide bonds. The smallest absolute Gasteiger partial charge is 0.120 e. The number of thiocarbonyl (C=S) groups is 1. The topological polar surface area (TPSA) is 38.5 Å². The summed E-state index contributed by atoms with van der Waals surface area (Å²) in [5.74, 6) is 0.851.